The Morgan fingerprint density at radius 1 is 1.37 bits per heavy atom. The highest BCUT2D eigenvalue weighted by molar-refractivity contribution is 5.74. The van der Waals surface area contributed by atoms with E-state index in [9.17, 15) is 0 Å². The third kappa shape index (κ3) is 1.63. The molecule has 0 radical (unpaired) electrons. The lowest BCUT2D eigenvalue weighted by Gasteiger charge is -2.46. The zero-order chi connectivity index (χ0) is 12.9. The van der Waals surface area contributed by atoms with Gasteiger partial charge in [-0.3, -0.25) is 0 Å². The smallest absolute Gasteiger partial charge is 0.192 e. The number of aromatic nitrogens is 1. The zero-order valence-electron chi connectivity index (χ0n) is 11.1. The molecule has 3 heterocycles. The van der Waals surface area contributed by atoms with Crippen molar-refractivity contribution >= 4 is 11.1 Å². The number of oxazole rings is 1. The number of aryl methyl sites for hydroxylation is 1. The van der Waals surface area contributed by atoms with Crippen LogP contribution in [0.25, 0.3) is 11.1 Å². The van der Waals surface area contributed by atoms with Crippen LogP contribution in [0, 0.1) is 6.92 Å². The largest absolute Gasteiger partial charge is 0.441 e. The predicted molar refractivity (Wildman–Crippen MR) is 72.3 cm³/mol. The third-order valence-corrected chi connectivity index (χ3v) is 4.52. The SMILES string of the molecule is Cc1nc2cc(C3(C4CCCN4)COC3)ccc2o1. The van der Waals surface area contributed by atoms with E-state index in [-0.39, 0.29) is 5.41 Å². The molecule has 1 aromatic carbocycles. The molecule has 0 aliphatic carbocycles. The normalized spacial score (nSPS) is 25.6. The molecule has 2 aromatic rings. The maximum absolute atomic E-state index is 5.55. The van der Waals surface area contributed by atoms with Gasteiger partial charge in [-0.25, -0.2) is 4.98 Å². The van der Waals surface area contributed by atoms with E-state index in [1.807, 2.05) is 13.0 Å². The van der Waals surface area contributed by atoms with Crippen molar-refractivity contribution < 1.29 is 9.15 Å². The number of rotatable bonds is 2. The van der Waals surface area contributed by atoms with E-state index in [0.29, 0.717) is 6.04 Å². The maximum Gasteiger partial charge on any atom is 0.192 e. The highest BCUT2D eigenvalue weighted by Gasteiger charge is 2.48. The average molecular weight is 258 g/mol. The quantitative estimate of drug-likeness (QED) is 0.896. The van der Waals surface area contributed by atoms with Crippen LogP contribution in [-0.4, -0.2) is 30.8 Å². The van der Waals surface area contributed by atoms with Crippen LogP contribution in [0.2, 0.25) is 0 Å². The predicted octanol–water partition coefficient (Wildman–Crippen LogP) is 2.16. The van der Waals surface area contributed by atoms with Crippen molar-refractivity contribution in [3.63, 3.8) is 0 Å². The average Bonchev–Trinajstić information content (AvgIpc) is 2.95. The van der Waals surface area contributed by atoms with Gasteiger partial charge in [0.25, 0.3) is 0 Å². The number of fused-ring (bicyclic) bond motifs is 1. The topological polar surface area (TPSA) is 47.3 Å². The molecule has 4 nitrogen and oxygen atoms in total. The number of benzene rings is 1. The number of ether oxygens (including phenoxy) is 1. The fourth-order valence-electron chi connectivity index (χ4n) is 3.40. The molecule has 1 aromatic heterocycles. The summed E-state index contributed by atoms with van der Waals surface area (Å²) in [6.45, 7) is 4.64. The van der Waals surface area contributed by atoms with Crippen LogP contribution in [0.4, 0.5) is 0 Å². The Morgan fingerprint density at radius 2 is 2.26 bits per heavy atom. The molecule has 0 amide bonds. The van der Waals surface area contributed by atoms with Crippen LogP contribution in [0.1, 0.15) is 24.3 Å². The van der Waals surface area contributed by atoms with Crippen LogP contribution in [-0.2, 0) is 10.2 Å². The minimum absolute atomic E-state index is 0.136. The number of hydrogen-bond acceptors (Lipinski definition) is 4. The van der Waals surface area contributed by atoms with Gasteiger partial charge in [0.2, 0.25) is 0 Å². The van der Waals surface area contributed by atoms with Gasteiger partial charge in [0.05, 0.1) is 18.6 Å². The first kappa shape index (κ1) is 11.4. The van der Waals surface area contributed by atoms with Gasteiger partial charge in [-0.2, -0.15) is 0 Å². The van der Waals surface area contributed by atoms with Gasteiger partial charge >= 0.3 is 0 Å². The first-order chi connectivity index (χ1) is 9.28. The van der Waals surface area contributed by atoms with Crippen LogP contribution in [0.3, 0.4) is 0 Å². The second-order valence-corrected chi connectivity index (χ2v) is 5.71. The van der Waals surface area contributed by atoms with E-state index in [1.165, 1.54) is 18.4 Å². The van der Waals surface area contributed by atoms with Crippen LogP contribution >= 0.6 is 0 Å². The zero-order valence-corrected chi connectivity index (χ0v) is 11.1. The molecular formula is C15H18N2O2. The summed E-state index contributed by atoms with van der Waals surface area (Å²) in [7, 11) is 0. The number of hydrogen-bond donors (Lipinski definition) is 1. The highest BCUT2D eigenvalue weighted by Crippen LogP contribution is 2.40. The van der Waals surface area contributed by atoms with Crippen LogP contribution in [0.5, 0.6) is 0 Å². The van der Waals surface area contributed by atoms with Crippen molar-refractivity contribution in [2.45, 2.75) is 31.2 Å². The van der Waals surface area contributed by atoms with Gasteiger partial charge in [0.1, 0.15) is 5.52 Å². The van der Waals surface area contributed by atoms with Gasteiger partial charge in [0, 0.05) is 13.0 Å². The molecule has 2 aliphatic heterocycles. The molecular weight excluding hydrogens is 240 g/mol. The Hall–Kier alpha value is -1.39. The van der Waals surface area contributed by atoms with Gasteiger partial charge < -0.3 is 14.5 Å². The van der Waals surface area contributed by atoms with Crippen molar-refractivity contribution in [3.05, 3.63) is 29.7 Å². The summed E-state index contributed by atoms with van der Waals surface area (Å²) < 4.78 is 11.1. The second-order valence-electron chi connectivity index (χ2n) is 5.71. The molecule has 1 unspecified atom stereocenters. The van der Waals surface area contributed by atoms with E-state index in [4.69, 9.17) is 9.15 Å². The highest BCUT2D eigenvalue weighted by atomic mass is 16.5. The summed E-state index contributed by atoms with van der Waals surface area (Å²) in [6.07, 6.45) is 2.50. The minimum atomic E-state index is 0.136. The Bertz CT molecular complexity index is 610. The summed E-state index contributed by atoms with van der Waals surface area (Å²) in [5, 5.41) is 3.63. The molecule has 2 fully saturated rings. The van der Waals surface area contributed by atoms with E-state index in [0.717, 1.165) is 36.7 Å². The summed E-state index contributed by atoms with van der Waals surface area (Å²) in [4.78, 5) is 4.44. The standard InChI is InChI=1S/C15H18N2O2/c1-10-17-12-7-11(4-5-13(12)19-10)15(8-18-9-15)14-3-2-6-16-14/h4-5,7,14,16H,2-3,6,8-9H2,1H3. The molecule has 0 bridgehead atoms. The number of nitrogens with zero attached hydrogens (tertiary/aromatic N) is 1. The summed E-state index contributed by atoms with van der Waals surface area (Å²) in [5.41, 5.74) is 3.30. The first-order valence-corrected chi connectivity index (χ1v) is 6.97. The Kier molecular flexibility index (Phi) is 2.44. The van der Waals surface area contributed by atoms with Gasteiger partial charge in [-0.1, -0.05) is 6.07 Å². The van der Waals surface area contributed by atoms with E-state index >= 15 is 0 Å². The lowest BCUT2D eigenvalue weighted by atomic mass is 9.72. The molecule has 0 spiro atoms. The van der Waals surface area contributed by atoms with Gasteiger partial charge in [0.15, 0.2) is 11.5 Å². The third-order valence-electron chi connectivity index (χ3n) is 4.52. The Balaban J connectivity index is 1.78. The van der Waals surface area contributed by atoms with Crippen molar-refractivity contribution in [1.29, 1.82) is 0 Å². The molecule has 2 aliphatic rings. The van der Waals surface area contributed by atoms with Gasteiger partial charge in [-0.15, -0.1) is 0 Å². The van der Waals surface area contributed by atoms with Crippen LogP contribution in [0.15, 0.2) is 22.6 Å². The summed E-state index contributed by atoms with van der Waals surface area (Å²) >= 11 is 0. The van der Waals surface area contributed by atoms with E-state index in [2.05, 4.69) is 22.4 Å². The summed E-state index contributed by atoms with van der Waals surface area (Å²) in [5.74, 6) is 0.727. The van der Waals surface area contributed by atoms with E-state index in [1.54, 1.807) is 0 Å². The molecule has 0 saturated carbocycles. The Morgan fingerprint density at radius 3 is 2.95 bits per heavy atom. The molecule has 1 N–H and O–H groups in total. The lowest BCUT2D eigenvalue weighted by molar-refractivity contribution is -0.0760. The molecule has 4 heteroatoms. The molecule has 4 rings (SSSR count). The molecule has 2 saturated heterocycles. The van der Waals surface area contributed by atoms with Crippen molar-refractivity contribution in [2.24, 2.45) is 0 Å². The van der Waals surface area contributed by atoms with Crippen LogP contribution < -0.4 is 5.32 Å². The second kappa shape index (κ2) is 4.05. The lowest BCUT2D eigenvalue weighted by Crippen LogP contribution is -2.58. The maximum atomic E-state index is 5.55. The first-order valence-electron chi connectivity index (χ1n) is 6.97. The number of nitrogens with one attached hydrogen (secondary N) is 1. The van der Waals surface area contributed by atoms with E-state index < -0.39 is 0 Å². The van der Waals surface area contributed by atoms with Crippen molar-refractivity contribution in [1.82, 2.24) is 10.3 Å². The monoisotopic (exact) mass is 258 g/mol. The summed E-state index contributed by atoms with van der Waals surface area (Å²) in [6, 6.07) is 6.93. The fourth-order valence-corrected chi connectivity index (χ4v) is 3.40. The fraction of sp³-hybridized carbons (Fsp3) is 0.533. The minimum Gasteiger partial charge on any atom is -0.441 e. The Labute approximate surface area is 112 Å². The van der Waals surface area contributed by atoms with Crippen molar-refractivity contribution in [2.75, 3.05) is 19.8 Å². The molecule has 100 valence electrons. The molecule has 19 heavy (non-hydrogen) atoms. The molecule has 1 atom stereocenters. The van der Waals surface area contributed by atoms with Gasteiger partial charge in [-0.05, 0) is 37.1 Å². The van der Waals surface area contributed by atoms with Crippen molar-refractivity contribution in [3.8, 4) is 0 Å².